The van der Waals surface area contributed by atoms with Gasteiger partial charge in [0.2, 0.25) is 0 Å². The Balaban J connectivity index is 0.939. The van der Waals surface area contributed by atoms with Gasteiger partial charge in [0.25, 0.3) is 11.8 Å². The SMILES string of the molecule is CC(OC(=O)CCCCCCCCCCC(=O)ON1C(=O)CCC1=O)c1ccc2c(c1)sc1c3ccccc3sc21. The molecule has 0 aliphatic carbocycles. The van der Waals surface area contributed by atoms with E-state index < -0.39 is 17.8 Å². The molecule has 0 N–H and O–H groups in total. The van der Waals surface area contributed by atoms with Crippen molar-refractivity contribution in [1.29, 1.82) is 0 Å². The molecule has 1 aliphatic heterocycles. The second kappa shape index (κ2) is 13.6. The maximum atomic E-state index is 12.4. The van der Waals surface area contributed by atoms with Crippen LogP contribution in [0.2, 0.25) is 0 Å². The van der Waals surface area contributed by atoms with Gasteiger partial charge in [-0.25, -0.2) is 4.79 Å². The number of hydrogen-bond donors (Lipinski definition) is 0. The van der Waals surface area contributed by atoms with Gasteiger partial charge >= 0.3 is 11.9 Å². The lowest BCUT2D eigenvalue weighted by Crippen LogP contribution is -2.31. The highest BCUT2D eigenvalue weighted by atomic mass is 32.1. The van der Waals surface area contributed by atoms with Gasteiger partial charge in [-0.05, 0) is 37.5 Å². The van der Waals surface area contributed by atoms with Crippen molar-refractivity contribution in [2.75, 3.05) is 0 Å². The Morgan fingerprint density at radius 2 is 1.32 bits per heavy atom. The quantitative estimate of drug-likeness (QED) is 0.0829. The van der Waals surface area contributed by atoms with Crippen LogP contribution in [0, 0.1) is 0 Å². The van der Waals surface area contributed by atoms with Crippen LogP contribution in [0.25, 0.3) is 29.6 Å². The molecule has 0 radical (unpaired) electrons. The third kappa shape index (κ3) is 7.13. The van der Waals surface area contributed by atoms with Gasteiger partial charge in [0, 0.05) is 45.9 Å². The number of nitrogens with zero attached hydrogens (tertiary/aromatic N) is 1. The Labute approximate surface area is 247 Å². The van der Waals surface area contributed by atoms with E-state index >= 15 is 0 Å². The van der Waals surface area contributed by atoms with E-state index in [9.17, 15) is 19.2 Å². The van der Waals surface area contributed by atoms with Crippen LogP contribution in [-0.4, -0.2) is 28.8 Å². The average molecular weight is 594 g/mol. The molecule has 0 saturated carbocycles. The number of carbonyl (C=O) groups excluding carboxylic acids is 4. The first-order chi connectivity index (χ1) is 19.9. The molecule has 216 valence electrons. The van der Waals surface area contributed by atoms with Gasteiger partial charge in [0.05, 0.1) is 9.40 Å². The monoisotopic (exact) mass is 593 g/mol. The van der Waals surface area contributed by atoms with E-state index in [1.807, 2.05) is 29.6 Å². The van der Waals surface area contributed by atoms with Crippen LogP contribution in [0.3, 0.4) is 0 Å². The molecule has 3 heterocycles. The van der Waals surface area contributed by atoms with Gasteiger partial charge in [0.1, 0.15) is 6.10 Å². The first kappa shape index (κ1) is 29.2. The number of benzene rings is 2. The van der Waals surface area contributed by atoms with Crippen molar-refractivity contribution in [2.45, 2.75) is 90.1 Å². The van der Waals surface area contributed by atoms with E-state index in [0.29, 0.717) is 17.9 Å². The minimum Gasteiger partial charge on any atom is -0.458 e. The summed E-state index contributed by atoms with van der Waals surface area (Å²) in [6.07, 6.45) is 8.16. The molecule has 9 heteroatoms. The number of carbonyl (C=O) groups is 4. The van der Waals surface area contributed by atoms with Gasteiger partial charge in [-0.3, -0.25) is 14.4 Å². The third-order valence-electron chi connectivity index (χ3n) is 7.50. The van der Waals surface area contributed by atoms with Crippen molar-refractivity contribution in [1.82, 2.24) is 5.06 Å². The number of amides is 2. The number of hydrogen-bond acceptors (Lipinski definition) is 8. The summed E-state index contributed by atoms with van der Waals surface area (Å²) in [5.74, 6) is -1.58. The highest BCUT2D eigenvalue weighted by Gasteiger charge is 2.32. The first-order valence-corrected chi connectivity index (χ1v) is 16.1. The molecule has 1 atom stereocenters. The number of esters is 1. The Morgan fingerprint density at radius 3 is 2.00 bits per heavy atom. The Bertz CT molecular complexity index is 1550. The first-order valence-electron chi connectivity index (χ1n) is 14.5. The fraction of sp³-hybridized carbons (Fsp3) is 0.438. The van der Waals surface area contributed by atoms with Crippen LogP contribution in [0.4, 0.5) is 0 Å². The van der Waals surface area contributed by atoms with Crippen LogP contribution < -0.4 is 0 Å². The van der Waals surface area contributed by atoms with Crippen LogP contribution in [0.1, 0.15) is 95.6 Å². The molecule has 2 aromatic carbocycles. The van der Waals surface area contributed by atoms with Crippen molar-refractivity contribution in [2.24, 2.45) is 0 Å². The number of ether oxygens (including phenoxy) is 1. The zero-order valence-corrected chi connectivity index (χ0v) is 25.0. The largest absolute Gasteiger partial charge is 0.458 e. The number of imide groups is 1. The number of thiophene rings is 2. The lowest BCUT2D eigenvalue weighted by molar-refractivity contribution is -0.197. The standard InChI is InChI=1S/C32H35NO6S2/c1-21(22-16-17-24-26(20-22)41-31-23-12-10-11-13-25(23)40-32(24)31)38-29(36)14-8-6-4-2-3-5-7-9-15-30(37)39-33-27(34)18-19-28(33)35/h10-13,16-17,20-21H,2-9,14-15,18-19H2,1H3. The Morgan fingerprint density at radius 1 is 0.756 bits per heavy atom. The zero-order chi connectivity index (χ0) is 28.8. The summed E-state index contributed by atoms with van der Waals surface area (Å²) < 4.78 is 11.0. The van der Waals surface area contributed by atoms with E-state index in [0.717, 1.165) is 50.5 Å². The predicted molar refractivity (Wildman–Crippen MR) is 163 cm³/mol. The number of hydroxylamine groups is 2. The molecule has 1 fully saturated rings. The second-order valence-electron chi connectivity index (χ2n) is 10.6. The second-order valence-corrected chi connectivity index (χ2v) is 12.7. The highest BCUT2D eigenvalue weighted by Crippen LogP contribution is 2.44. The number of rotatable bonds is 14. The van der Waals surface area contributed by atoms with Gasteiger partial charge in [-0.1, -0.05) is 68.9 Å². The number of unbranched alkanes of at least 4 members (excludes halogenated alkanes) is 7. The number of fused-ring (bicyclic) bond motifs is 5. The summed E-state index contributed by atoms with van der Waals surface area (Å²) in [5.41, 5.74) is 1.02. The molecule has 2 amide bonds. The van der Waals surface area contributed by atoms with Crippen molar-refractivity contribution in [3.8, 4) is 0 Å². The van der Waals surface area contributed by atoms with Crippen molar-refractivity contribution in [3.05, 3.63) is 48.0 Å². The van der Waals surface area contributed by atoms with Crippen LogP contribution >= 0.6 is 22.7 Å². The summed E-state index contributed by atoms with van der Waals surface area (Å²) in [6, 6.07) is 14.9. The molecule has 1 unspecified atom stereocenters. The molecule has 5 rings (SSSR count). The topological polar surface area (TPSA) is 90.0 Å². The van der Waals surface area contributed by atoms with Crippen LogP contribution in [0.5, 0.6) is 0 Å². The molecule has 7 nitrogen and oxygen atoms in total. The minimum atomic E-state index is -0.532. The van der Waals surface area contributed by atoms with E-state index in [4.69, 9.17) is 9.57 Å². The van der Waals surface area contributed by atoms with E-state index in [1.54, 1.807) is 0 Å². The van der Waals surface area contributed by atoms with Gasteiger partial charge in [-0.15, -0.1) is 27.7 Å². The van der Waals surface area contributed by atoms with E-state index in [2.05, 4.69) is 42.5 Å². The normalized spacial score (nSPS) is 14.4. The Hall–Kier alpha value is -3.30. The zero-order valence-electron chi connectivity index (χ0n) is 23.3. The Kier molecular flexibility index (Phi) is 9.67. The maximum absolute atomic E-state index is 12.4. The summed E-state index contributed by atoms with van der Waals surface area (Å²) in [5, 5.41) is 3.18. The molecular formula is C32H35NO6S2. The van der Waals surface area contributed by atoms with Crippen molar-refractivity contribution >= 4 is 76.0 Å². The van der Waals surface area contributed by atoms with Crippen molar-refractivity contribution < 1.29 is 28.8 Å². The van der Waals surface area contributed by atoms with Crippen LogP contribution in [-0.2, 0) is 28.8 Å². The summed E-state index contributed by atoms with van der Waals surface area (Å²) in [7, 11) is 0. The smallest absolute Gasteiger partial charge is 0.333 e. The van der Waals surface area contributed by atoms with E-state index in [1.165, 1.54) is 29.6 Å². The average Bonchev–Trinajstić information content (AvgIpc) is 3.61. The third-order valence-corrected chi connectivity index (χ3v) is 10.0. The molecule has 0 bridgehead atoms. The molecule has 4 aromatic rings. The fourth-order valence-electron chi connectivity index (χ4n) is 5.20. The van der Waals surface area contributed by atoms with Crippen molar-refractivity contribution in [3.63, 3.8) is 0 Å². The lowest BCUT2D eigenvalue weighted by Gasteiger charge is -2.14. The molecule has 0 spiro atoms. The minimum absolute atomic E-state index is 0.107. The van der Waals surface area contributed by atoms with E-state index in [-0.39, 0.29) is 31.3 Å². The lowest BCUT2D eigenvalue weighted by atomic mass is 10.1. The van der Waals surface area contributed by atoms with Crippen LogP contribution in [0.15, 0.2) is 42.5 Å². The summed E-state index contributed by atoms with van der Waals surface area (Å²) in [6.45, 7) is 1.94. The summed E-state index contributed by atoms with van der Waals surface area (Å²) in [4.78, 5) is 52.1. The molecule has 1 aliphatic rings. The van der Waals surface area contributed by atoms with Gasteiger partial charge < -0.3 is 9.57 Å². The molecular weight excluding hydrogens is 558 g/mol. The van der Waals surface area contributed by atoms with Gasteiger partial charge in [0.15, 0.2) is 0 Å². The maximum Gasteiger partial charge on any atom is 0.333 e. The van der Waals surface area contributed by atoms with Gasteiger partial charge in [-0.2, -0.15) is 0 Å². The molecule has 2 aromatic heterocycles. The molecule has 1 saturated heterocycles. The predicted octanol–water partition coefficient (Wildman–Crippen LogP) is 8.38. The summed E-state index contributed by atoms with van der Waals surface area (Å²) >= 11 is 3.64. The fourth-order valence-corrected chi connectivity index (χ4v) is 7.91. The highest BCUT2D eigenvalue weighted by molar-refractivity contribution is 7.36. The molecule has 41 heavy (non-hydrogen) atoms.